The summed E-state index contributed by atoms with van der Waals surface area (Å²) in [6.45, 7) is 0.547. The third-order valence-electron chi connectivity index (χ3n) is 9.34. The van der Waals surface area contributed by atoms with E-state index in [4.69, 9.17) is 5.11 Å². The van der Waals surface area contributed by atoms with Gasteiger partial charge in [0.2, 0.25) is 0 Å². The summed E-state index contributed by atoms with van der Waals surface area (Å²) in [5, 5.41) is 22.9. The van der Waals surface area contributed by atoms with Gasteiger partial charge in [0, 0.05) is 36.8 Å². The van der Waals surface area contributed by atoms with E-state index in [1.165, 1.54) is 19.2 Å². The molecule has 4 atom stereocenters. The molecule has 53 heavy (non-hydrogen) atoms. The lowest BCUT2D eigenvalue weighted by Gasteiger charge is -2.26. The Hall–Kier alpha value is -4.73. The van der Waals surface area contributed by atoms with E-state index in [0.717, 1.165) is 36.1 Å². The van der Waals surface area contributed by atoms with Crippen molar-refractivity contribution in [2.24, 2.45) is 13.0 Å². The Kier molecular flexibility index (Phi) is 13.1. The van der Waals surface area contributed by atoms with Gasteiger partial charge in [0.25, 0.3) is 11.5 Å². The Bertz CT molecular complexity index is 1870. The summed E-state index contributed by atoms with van der Waals surface area (Å²) in [7, 11) is 1.34. The predicted molar refractivity (Wildman–Crippen MR) is 180 cm³/mol. The molecule has 1 aromatic heterocycles. The molecular formula is C37H39F8N3O5. The Morgan fingerprint density at radius 2 is 1.72 bits per heavy atom. The summed E-state index contributed by atoms with van der Waals surface area (Å²) in [5.74, 6) is -7.48. The van der Waals surface area contributed by atoms with Gasteiger partial charge in [0.15, 0.2) is 0 Å². The van der Waals surface area contributed by atoms with Gasteiger partial charge in [-0.15, -0.1) is 0 Å². The van der Waals surface area contributed by atoms with Crippen LogP contribution in [-0.4, -0.2) is 51.5 Å². The number of carbonyl (C=O) groups excluding carboxylic acids is 1. The number of carboxylic acids is 1. The van der Waals surface area contributed by atoms with Crippen LogP contribution in [0.2, 0.25) is 0 Å². The fourth-order valence-corrected chi connectivity index (χ4v) is 6.63. The normalized spacial score (nSPS) is 18.2. The number of aliphatic hydroxyl groups excluding tert-OH is 1. The topological polar surface area (TPSA) is 121 Å². The van der Waals surface area contributed by atoms with Crippen molar-refractivity contribution in [2.45, 2.75) is 82.2 Å². The van der Waals surface area contributed by atoms with Crippen LogP contribution in [0, 0.1) is 17.6 Å². The van der Waals surface area contributed by atoms with Gasteiger partial charge >= 0.3 is 18.3 Å². The number of carboxylic acid groups (broad SMARTS) is 1. The SMILES string of the molecule is CCCCC1/C=C\Cc2c(C[C@H](NC(=O)c3c(F)cc(N[C@H](CO)C(F)(F)F)cc3F)C(=O)O)cccc2C(c2c(C(F)(F)F)ccn(C)c2=O)CC1. The van der Waals surface area contributed by atoms with E-state index >= 15 is 0 Å². The number of halogens is 8. The first-order valence-corrected chi connectivity index (χ1v) is 16.9. The second-order valence-electron chi connectivity index (χ2n) is 13.0. The van der Waals surface area contributed by atoms with Gasteiger partial charge in [-0.1, -0.05) is 50.1 Å². The molecule has 8 nitrogen and oxygen atoms in total. The standard InChI is InChI=1S/C37H39F8N3O5/c1-3-4-7-20-8-5-10-23-21(9-6-11-24(23)25(13-12-20)31-26(36(40,41)42)14-15-48(2)34(31)51)16-29(35(52)53)47-33(50)32-27(38)17-22(18-28(32)39)46-30(19-49)37(43,44)45/h5-6,8-9,11,14-15,17-18,20,25,29-30,46,49H,3-4,7,10,12-13,16,19H2,1-2H3,(H,47,50)(H,52,53)/b8-5-/t20?,25?,29-,30+/m0/s1. The van der Waals surface area contributed by atoms with Gasteiger partial charge in [0.05, 0.1) is 12.2 Å². The zero-order valence-corrected chi connectivity index (χ0v) is 28.8. The number of rotatable bonds is 12. The number of pyridine rings is 1. The number of nitrogens with zero attached hydrogens (tertiary/aromatic N) is 1. The number of amides is 1. The number of nitrogens with one attached hydrogen (secondary N) is 2. The number of benzene rings is 2. The summed E-state index contributed by atoms with van der Waals surface area (Å²) in [6.07, 6.45) is -2.29. The molecule has 16 heteroatoms. The van der Waals surface area contributed by atoms with E-state index in [1.54, 1.807) is 11.4 Å². The number of alkyl halides is 6. The third-order valence-corrected chi connectivity index (χ3v) is 9.34. The molecule has 0 aliphatic heterocycles. The molecule has 1 aliphatic rings. The summed E-state index contributed by atoms with van der Waals surface area (Å²) in [6, 6.07) is 1.77. The summed E-state index contributed by atoms with van der Waals surface area (Å²) in [5.41, 5.74) is -3.37. The highest BCUT2D eigenvalue weighted by molar-refractivity contribution is 5.97. The number of aliphatic carboxylic acids is 1. The summed E-state index contributed by atoms with van der Waals surface area (Å²) in [4.78, 5) is 39.0. The van der Waals surface area contributed by atoms with Crippen LogP contribution < -0.4 is 16.2 Å². The first-order valence-electron chi connectivity index (χ1n) is 16.9. The highest BCUT2D eigenvalue weighted by Gasteiger charge is 2.40. The second kappa shape index (κ2) is 16.9. The van der Waals surface area contributed by atoms with Crippen molar-refractivity contribution in [3.8, 4) is 0 Å². The smallest absolute Gasteiger partial charge is 0.416 e. The van der Waals surface area contributed by atoms with Crippen LogP contribution >= 0.6 is 0 Å². The van der Waals surface area contributed by atoms with Crippen LogP contribution in [0.5, 0.6) is 0 Å². The van der Waals surface area contributed by atoms with Gasteiger partial charge in [-0.2, -0.15) is 26.3 Å². The van der Waals surface area contributed by atoms with Gasteiger partial charge in [-0.05, 0) is 66.5 Å². The Labute approximate surface area is 299 Å². The molecule has 0 bridgehead atoms. The number of carbonyl (C=O) groups is 2. The van der Waals surface area contributed by atoms with Crippen molar-refractivity contribution >= 4 is 17.6 Å². The molecule has 0 spiro atoms. The molecule has 0 saturated carbocycles. The monoisotopic (exact) mass is 757 g/mol. The highest BCUT2D eigenvalue weighted by atomic mass is 19.4. The predicted octanol–water partition coefficient (Wildman–Crippen LogP) is 7.27. The van der Waals surface area contributed by atoms with Crippen LogP contribution in [0.4, 0.5) is 40.8 Å². The van der Waals surface area contributed by atoms with Crippen molar-refractivity contribution in [2.75, 3.05) is 11.9 Å². The Morgan fingerprint density at radius 3 is 2.30 bits per heavy atom. The van der Waals surface area contributed by atoms with Crippen molar-refractivity contribution in [1.82, 2.24) is 9.88 Å². The van der Waals surface area contributed by atoms with Gasteiger partial charge in [-0.25, -0.2) is 13.6 Å². The van der Waals surface area contributed by atoms with Crippen molar-refractivity contribution in [3.05, 3.63) is 110 Å². The first-order chi connectivity index (χ1) is 24.9. The second-order valence-corrected chi connectivity index (χ2v) is 13.0. The Morgan fingerprint density at radius 1 is 1.04 bits per heavy atom. The lowest BCUT2D eigenvalue weighted by Crippen LogP contribution is -2.43. The van der Waals surface area contributed by atoms with E-state index in [9.17, 15) is 54.6 Å². The maximum atomic E-state index is 15.0. The quantitative estimate of drug-likeness (QED) is 0.114. The lowest BCUT2D eigenvalue weighted by molar-refractivity contribution is -0.149. The molecule has 288 valence electrons. The van der Waals surface area contributed by atoms with Crippen molar-refractivity contribution in [1.29, 1.82) is 0 Å². The van der Waals surface area contributed by atoms with Gasteiger partial charge in [-0.3, -0.25) is 9.59 Å². The molecular weight excluding hydrogens is 718 g/mol. The van der Waals surface area contributed by atoms with Crippen LogP contribution in [0.3, 0.4) is 0 Å². The average Bonchev–Trinajstić information content (AvgIpc) is 3.15. The van der Waals surface area contributed by atoms with Gasteiger partial charge in [0.1, 0.15) is 29.3 Å². The number of hydrogen-bond acceptors (Lipinski definition) is 5. The number of aromatic nitrogens is 1. The fraction of sp³-hybridized carbons (Fsp3) is 0.432. The van der Waals surface area contributed by atoms with Gasteiger partial charge < -0.3 is 25.4 Å². The molecule has 1 heterocycles. The van der Waals surface area contributed by atoms with E-state index in [-0.39, 0.29) is 24.3 Å². The highest BCUT2D eigenvalue weighted by Crippen LogP contribution is 2.41. The number of unbranched alkanes of at least 4 members (excludes halogenated alkanes) is 1. The third kappa shape index (κ3) is 9.83. The maximum Gasteiger partial charge on any atom is 0.416 e. The largest absolute Gasteiger partial charge is 0.480 e. The van der Waals surface area contributed by atoms with E-state index in [2.05, 4.69) is 0 Å². The molecule has 0 saturated heterocycles. The Balaban J connectivity index is 1.75. The zero-order chi connectivity index (χ0) is 39.2. The fourth-order valence-electron chi connectivity index (χ4n) is 6.63. The first kappa shape index (κ1) is 41.0. The maximum absolute atomic E-state index is 15.0. The minimum atomic E-state index is -4.98. The molecule has 1 aliphatic carbocycles. The van der Waals surface area contributed by atoms with E-state index < -0.39 is 94.8 Å². The average molecular weight is 758 g/mol. The van der Waals surface area contributed by atoms with Crippen LogP contribution in [0.1, 0.15) is 83.1 Å². The van der Waals surface area contributed by atoms with Crippen LogP contribution in [0.15, 0.2) is 59.5 Å². The van der Waals surface area contributed by atoms with E-state index in [0.29, 0.717) is 29.7 Å². The molecule has 2 unspecified atom stereocenters. The zero-order valence-electron chi connectivity index (χ0n) is 28.8. The van der Waals surface area contributed by atoms with Crippen molar-refractivity contribution in [3.63, 3.8) is 0 Å². The molecule has 1 amide bonds. The number of aryl methyl sites for hydroxylation is 1. The molecule has 2 aromatic carbocycles. The summed E-state index contributed by atoms with van der Waals surface area (Å²) >= 11 is 0. The number of hydrogen-bond donors (Lipinski definition) is 4. The molecule has 0 radical (unpaired) electrons. The van der Waals surface area contributed by atoms with Crippen LogP contribution in [0.25, 0.3) is 0 Å². The van der Waals surface area contributed by atoms with E-state index in [1.807, 2.05) is 24.4 Å². The van der Waals surface area contributed by atoms with Crippen LogP contribution in [-0.2, 0) is 30.9 Å². The molecule has 0 fully saturated rings. The number of aliphatic hydroxyl groups is 1. The minimum Gasteiger partial charge on any atom is -0.480 e. The molecule has 4 rings (SSSR count). The molecule has 4 N–H and O–H groups in total. The minimum absolute atomic E-state index is 0.0162. The van der Waals surface area contributed by atoms with Crippen molar-refractivity contribution < 1.29 is 54.9 Å². The number of allylic oxidation sites excluding steroid dienone is 2. The summed E-state index contributed by atoms with van der Waals surface area (Å²) < 4.78 is 113. The molecule has 3 aromatic rings. The number of anilines is 1. The number of fused-ring (bicyclic) bond motifs is 1. The lowest BCUT2D eigenvalue weighted by atomic mass is 9.79.